The van der Waals surface area contributed by atoms with Crippen molar-refractivity contribution in [2.45, 2.75) is 0 Å². The summed E-state index contributed by atoms with van der Waals surface area (Å²) in [7, 11) is 0. The van der Waals surface area contributed by atoms with Crippen LogP contribution in [-0.2, 0) is 14.4 Å². The van der Waals surface area contributed by atoms with Crippen LogP contribution in [0.1, 0.15) is 10.4 Å². The van der Waals surface area contributed by atoms with Gasteiger partial charge in [0.25, 0.3) is 11.8 Å². The first-order valence-electron chi connectivity index (χ1n) is 5.16. The molecule has 0 aliphatic carbocycles. The van der Waals surface area contributed by atoms with E-state index >= 15 is 0 Å². The number of carboxylic acid groups (broad SMARTS) is 1. The topological polar surface area (TPSA) is 105 Å². The van der Waals surface area contributed by atoms with Crippen LogP contribution in [0.15, 0.2) is 28.7 Å². The van der Waals surface area contributed by atoms with Crippen LogP contribution in [0.25, 0.3) is 0 Å². The van der Waals surface area contributed by atoms with Gasteiger partial charge in [-0.05, 0) is 28.1 Å². The van der Waals surface area contributed by atoms with Gasteiger partial charge in [0.1, 0.15) is 0 Å². The minimum Gasteiger partial charge on any atom is -0.479 e. The summed E-state index contributed by atoms with van der Waals surface area (Å²) in [6.07, 6.45) is 0. The molecule has 0 aliphatic heterocycles. The molecule has 0 spiro atoms. The van der Waals surface area contributed by atoms with Crippen molar-refractivity contribution in [1.29, 1.82) is 0 Å². The van der Waals surface area contributed by atoms with E-state index in [1.807, 2.05) is 5.48 Å². The second-order valence-electron chi connectivity index (χ2n) is 3.37. The molecule has 0 fully saturated rings. The smallest absolute Gasteiger partial charge is 0.332 e. The maximum Gasteiger partial charge on any atom is 0.332 e. The largest absolute Gasteiger partial charge is 0.479 e. The number of aliphatic carboxylic acids is 1. The van der Waals surface area contributed by atoms with Gasteiger partial charge in [0.05, 0.1) is 12.1 Å². The first-order chi connectivity index (χ1) is 9.00. The zero-order chi connectivity index (χ0) is 14.3. The molecular weight excluding hydrogens is 320 g/mol. The summed E-state index contributed by atoms with van der Waals surface area (Å²) in [6, 6.07) is 6.74. The van der Waals surface area contributed by atoms with E-state index in [1.165, 1.54) is 0 Å². The quantitative estimate of drug-likeness (QED) is 0.651. The number of amides is 2. The van der Waals surface area contributed by atoms with Crippen molar-refractivity contribution in [3.05, 3.63) is 34.3 Å². The van der Waals surface area contributed by atoms with Gasteiger partial charge in [-0.25, -0.2) is 10.3 Å². The fraction of sp³-hybridized carbons (Fsp3) is 0.182. The number of hydroxylamine groups is 1. The molecule has 1 aromatic rings. The van der Waals surface area contributed by atoms with Gasteiger partial charge in [-0.1, -0.05) is 12.1 Å². The van der Waals surface area contributed by atoms with Gasteiger partial charge >= 0.3 is 5.97 Å². The van der Waals surface area contributed by atoms with E-state index in [2.05, 4.69) is 26.1 Å². The number of carbonyl (C=O) groups is 3. The zero-order valence-electron chi connectivity index (χ0n) is 9.68. The van der Waals surface area contributed by atoms with Gasteiger partial charge in [-0.3, -0.25) is 14.4 Å². The lowest BCUT2D eigenvalue weighted by Crippen LogP contribution is -2.37. The Morgan fingerprint density at radius 2 is 1.95 bits per heavy atom. The number of hydrogen-bond donors (Lipinski definition) is 3. The third-order valence-electron chi connectivity index (χ3n) is 1.91. The molecule has 19 heavy (non-hydrogen) atoms. The van der Waals surface area contributed by atoms with Crippen molar-refractivity contribution in [3.63, 3.8) is 0 Å². The van der Waals surface area contributed by atoms with Gasteiger partial charge in [0, 0.05) is 4.47 Å². The highest BCUT2D eigenvalue weighted by atomic mass is 79.9. The maximum absolute atomic E-state index is 11.7. The van der Waals surface area contributed by atoms with Crippen LogP contribution in [0.3, 0.4) is 0 Å². The second-order valence-corrected chi connectivity index (χ2v) is 4.22. The Kier molecular flexibility index (Phi) is 5.97. The van der Waals surface area contributed by atoms with E-state index in [9.17, 15) is 14.4 Å². The van der Waals surface area contributed by atoms with Gasteiger partial charge in [0.2, 0.25) is 0 Å². The molecule has 0 unspecified atom stereocenters. The van der Waals surface area contributed by atoms with E-state index in [0.717, 1.165) is 0 Å². The molecule has 0 atom stereocenters. The zero-order valence-corrected chi connectivity index (χ0v) is 11.3. The highest BCUT2D eigenvalue weighted by molar-refractivity contribution is 9.10. The number of carbonyl (C=O) groups excluding carboxylic acids is 2. The molecule has 2 amide bonds. The van der Waals surface area contributed by atoms with Crippen molar-refractivity contribution in [2.24, 2.45) is 0 Å². The third kappa shape index (κ3) is 5.49. The number of halogens is 1. The van der Waals surface area contributed by atoms with Gasteiger partial charge in [-0.15, -0.1) is 0 Å². The van der Waals surface area contributed by atoms with Crippen molar-refractivity contribution >= 4 is 33.7 Å². The number of nitrogens with one attached hydrogen (secondary N) is 2. The molecular formula is C11H11BrN2O5. The molecule has 0 radical (unpaired) electrons. The Labute approximate surface area is 117 Å². The van der Waals surface area contributed by atoms with E-state index < -0.39 is 24.4 Å². The summed E-state index contributed by atoms with van der Waals surface area (Å²) >= 11 is 3.21. The van der Waals surface area contributed by atoms with Gasteiger partial charge in [0.15, 0.2) is 6.61 Å². The van der Waals surface area contributed by atoms with Crippen LogP contribution in [0.5, 0.6) is 0 Å². The van der Waals surface area contributed by atoms with Crippen molar-refractivity contribution in [2.75, 3.05) is 13.2 Å². The fourth-order valence-corrected chi connectivity index (χ4v) is 1.58. The molecule has 8 heteroatoms. The third-order valence-corrected chi connectivity index (χ3v) is 2.60. The molecule has 0 saturated heterocycles. The second kappa shape index (κ2) is 7.49. The lowest BCUT2D eigenvalue weighted by atomic mass is 10.2. The average Bonchev–Trinajstić information content (AvgIpc) is 2.36. The van der Waals surface area contributed by atoms with Crippen LogP contribution >= 0.6 is 15.9 Å². The number of carboxylic acids is 1. The fourth-order valence-electron chi connectivity index (χ4n) is 1.12. The average molecular weight is 331 g/mol. The maximum atomic E-state index is 11.7. The van der Waals surface area contributed by atoms with E-state index in [4.69, 9.17) is 5.11 Å². The summed E-state index contributed by atoms with van der Waals surface area (Å²) in [4.78, 5) is 37.4. The molecule has 0 aliphatic rings. The SMILES string of the molecule is O=C(O)CONC(=O)CNC(=O)c1ccccc1Br. The molecule has 7 nitrogen and oxygen atoms in total. The Morgan fingerprint density at radius 3 is 2.58 bits per heavy atom. The first-order valence-corrected chi connectivity index (χ1v) is 5.95. The molecule has 0 saturated carbocycles. The van der Waals surface area contributed by atoms with Crippen LogP contribution in [0.2, 0.25) is 0 Å². The molecule has 3 N–H and O–H groups in total. The van der Waals surface area contributed by atoms with E-state index in [1.54, 1.807) is 24.3 Å². The Morgan fingerprint density at radius 1 is 1.26 bits per heavy atom. The Hall–Kier alpha value is -1.93. The molecule has 0 aromatic heterocycles. The summed E-state index contributed by atoms with van der Waals surface area (Å²) in [6.45, 7) is -0.969. The summed E-state index contributed by atoms with van der Waals surface area (Å²) in [5.41, 5.74) is 2.28. The Bertz CT molecular complexity index is 492. The van der Waals surface area contributed by atoms with Crippen molar-refractivity contribution < 1.29 is 24.3 Å². The first kappa shape index (κ1) is 15.1. The van der Waals surface area contributed by atoms with Crippen LogP contribution in [0.4, 0.5) is 0 Å². The predicted molar refractivity (Wildman–Crippen MR) is 68.2 cm³/mol. The standard InChI is InChI=1S/C11H11BrN2O5/c12-8-4-2-1-3-7(8)11(18)13-5-9(15)14-19-6-10(16)17/h1-4H,5-6H2,(H,13,18)(H,14,15)(H,16,17). The number of hydrogen-bond acceptors (Lipinski definition) is 4. The molecule has 1 rings (SSSR count). The molecule has 102 valence electrons. The van der Waals surface area contributed by atoms with Gasteiger partial charge in [-0.2, -0.15) is 0 Å². The predicted octanol–water partition coefficient (Wildman–Crippen LogP) is 0.311. The molecule has 0 bridgehead atoms. The normalized spacial score (nSPS) is 9.74. The number of rotatable bonds is 6. The minimum atomic E-state index is -1.21. The minimum absolute atomic E-state index is 0.320. The van der Waals surface area contributed by atoms with Crippen LogP contribution in [0, 0.1) is 0 Å². The molecule has 0 heterocycles. The lowest BCUT2D eigenvalue weighted by Gasteiger charge is -2.07. The van der Waals surface area contributed by atoms with E-state index in [0.29, 0.717) is 10.0 Å². The highest BCUT2D eigenvalue weighted by Crippen LogP contribution is 2.15. The highest BCUT2D eigenvalue weighted by Gasteiger charge is 2.10. The van der Waals surface area contributed by atoms with Crippen LogP contribution < -0.4 is 10.8 Å². The monoisotopic (exact) mass is 330 g/mol. The number of benzene rings is 1. The lowest BCUT2D eigenvalue weighted by molar-refractivity contribution is -0.148. The Balaban J connectivity index is 2.36. The molecule has 1 aromatic carbocycles. The summed E-state index contributed by atoms with van der Waals surface area (Å²) < 4.78 is 0.607. The summed E-state index contributed by atoms with van der Waals surface area (Å²) in [5.74, 6) is -2.29. The van der Waals surface area contributed by atoms with Gasteiger partial charge < -0.3 is 10.4 Å². The van der Waals surface area contributed by atoms with Crippen LogP contribution in [-0.4, -0.2) is 36.0 Å². The van der Waals surface area contributed by atoms with E-state index in [-0.39, 0.29) is 6.54 Å². The summed E-state index contributed by atoms with van der Waals surface area (Å²) in [5, 5.41) is 10.6. The van der Waals surface area contributed by atoms with Crippen molar-refractivity contribution in [1.82, 2.24) is 10.8 Å². The van der Waals surface area contributed by atoms with Crippen molar-refractivity contribution in [3.8, 4) is 0 Å².